The molecule has 0 saturated heterocycles. The number of nitrogens with one attached hydrogen (secondary N) is 1. The maximum atomic E-state index is 12.2. The molecule has 0 bridgehead atoms. The molecule has 3 aromatic rings. The normalized spacial score (nSPS) is 10.7. The van der Waals surface area contributed by atoms with Gasteiger partial charge in [0.25, 0.3) is 5.91 Å². The molecule has 0 saturated carbocycles. The van der Waals surface area contributed by atoms with Gasteiger partial charge in [0.15, 0.2) is 0 Å². The van der Waals surface area contributed by atoms with Gasteiger partial charge in [0.1, 0.15) is 6.33 Å². The van der Waals surface area contributed by atoms with Crippen molar-refractivity contribution in [2.24, 2.45) is 7.05 Å². The van der Waals surface area contributed by atoms with Crippen molar-refractivity contribution in [3.8, 4) is 0 Å². The van der Waals surface area contributed by atoms with Crippen LogP contribution in [0.3, 0.4) is 0 Å². The number of carbonyl (C=O) groups excluding carboxylic acids is 1. The molecule has 3 rings (SSSR count). The summed E-state index contributed by atoms with van der Waals surface area (Å²) in [7, 11) is 1.78. The van der Waals surface area contributed by atoms with Crippen molar-refractivity contribution in [3.63, 3.8) is 0 Å². The van der Waals surface area contributed by atoms with Gasteiger partial charge >= 0.3 is 0 Å². The van der Waals surface area contributed by atoms with Gasteiger partial charge in [-0.05, 0) is 19.4 Å². The fourth-order valence-corrected chi connectivity index (χ4v) is 2.30. The van der Waals surface area contributed by atoms with Gasteiger partial charge in [0, 0.05) is 13.2 Å². The Morgan fingerprint density at radius 1 is 1.17 bits per heavy atom. The van der Waals surface area contributed by atoms with E-state index in [0.29, 0.717) is 17.8 Å². The number of aromatic nitrogens is 5. The average molecular weight is 310 g/mol. The minimum absolute atomic E-state index is 0.260. The highest BCUT2D eigenvalue weighted by Crippen LogP contribution is 2.09. The van der Waals surface area contributed by atoms with E-state index >= 15 is 0 Å². The van der Waals surface area contributed by atoms with Crippen molar-refractivity contribution in [2.45, 2.75) is 20.4 Å². The third-order valence-electron chi connectivity index (χ3n) is 3.49. The molecule has 118 valence electrons. The molecule has 1 aromatic carbocycles. The van der Waals surface area contributed by atoms with Crippen LogP contribution in [-0.2, 0) is 13.6 Å². The number of benzene rings is 1. The van der Waals surface area contributed by atoms with Crippen LogP contribution in [0.5, 0.6) is 0 Å². The molecule has 0 atom stereocenters. The van der Waals surface area contributed by atoms with Gasteiger partial charge in [-0.1, -0.05) is 29.8 Å². The Hall–Kier alpha value is -2.96. The van der Waals surface area contributed by atoms with Crippen molar-refractivity contribution < 1.29 is 4.79 Å². The number of aryl methyl sites for hydroxylation is 3. The summed E-state index contributed by atoms with van der Waals surface area (Å²) in [6.07, 6.45) is 3.28. The largest absolute Gasteiger partial charge is 0.289 e. The van der Waals surface area contributed by atoms with E-state index in [1.165, 1.54) is 5.56 Å². The van der Waals surface area contributed by atoms with Crippen LogP contribution in [0.25, 0.3) is 0 Å². The monoisotopic (exact) mass is 310 g/mol. The fourth-order valence-electron chi connectivity index (χ4n) is 2.30. The van der Waals surface area contributed by atoms with Gasteiger partial charge in [-0.2, -0.15) is 5.10 Å². The molecule has 7 heteroatoms. The third-order valence-corrected chi connectivity index (χ3v) is 3.49. The van der Waals surface area contributed by atoms with Crippen LogP contribution in [0.15, 0.2) is 36.8 Å². The molecule has 2 aromatic heterocycles. The lowest BCUT2D eigenvalue weighted by Crippen LogP contribution is -2.14. The number of rotatable bonds is 4. The predicted octanol–water partition coefficient (Wildman–Crippen LogP) is 1.93. The molecule has 0 unspecified atom stereocenters. The molecule has 0 aliphatic carbocycles. The fraction of sp³-hybridized carbons (Fsp3) is 0.250. The molecule has 1 N–H and O–H groups in total. The highest BCUT2D eigenvalue weighted by Gasteiger charge is 2.14. The lowest BCUT2D eigenvalue weighted by Gasteiger charge is -2.02. The van der Waals surface area contributed by atoms with Crippen molar-refractivity contribution in [1.29, 1.82) is 0 Å². The minimum atomic E-state index is -0.260. The van der Waals surface area contributed by atoms with E-state index in [2.05, 4.69) is 32.6 Å². The summed E-state index contributed by atoms with van der Waals surface area (Å²) in [5.41, 5.74) is 3.53. The highest BCUT2D eigenvalue weighted by atomic mass is 16.1. The topological polar surface area (TPSA) is 77.6 Å². The molecule has 2 heterocycles. The first-order chi connectivity index (χ1) is 11.0. The van der Waals surface area contributed by atoms with E-state index in [9.17, 15) is 4.79 Å². The Morgan fingerprint density at radius 3 is 2.57 bits per heavy atom. The lowest BCUT2D eigenvalue weighted by molar-refractivity contribution is 0.102. The molecule has 1 amide bonds. The summed E-state index contributed by atoms with van der Waals surface area (Å²) in [4.78, 5) is 16.3. The summed E-state index contributed by atoms with van der Waals surface area (Å²) in [6, 6.07) is 8.21. The zero-order valence-electron chi connectivity index (χ0n) is 13.3. The molecule has 0 fully saturated rings. The van der Waals surface area contributed by atoms with E-state index < -0.39 is 0 Å². The van der Waals surface area contributed by atoms with E-state index in [1.807, 2.05) is 19.1 Å². The summed E-state index contributed by atoms with van der Waals surface area (Å²) >= 11 is 0. The molecule has 0 spiro atoms. The standard InChI is InChI=1S/C16H18N6O/c1-11-4-6-13(7-5-11)8-22-10-17-16(20-22)18-15(23)14-9-21(3)19-12(14)2/h4-7,9-10H,8H2,1-3H3,(H,18,20,23). The number of anilines is 1. The maximum absolute atomic E-state index is 12.2. The molecular weight excluding hydrogens is 292 g/mol. The van der Waals surface area contributed by atoms with Crippen LogP contribution in [-0.4, -0.2) is 30.5 Å². The summed E-state index contributed by atoms with van der Waals surface area (Å²) in [5.74, 6) is 0.0223. The molecular formula is C16H18N6O. The second-order valence-electron chi connectivity index (χ2n) is 5.51. The molecule has 0 radical (unpaired) electrons. The zero-order chi connectivity index (χ0) is 16.4. The third kappa shape index (κ3) is 3.45. The Labute approximate surface area is 134 Å². The smallest absolute Gasteiger partial charge is 0.261 e. The van der Waals surface area contributed by atoms with Crippen molar-refractivity contribution in [3.05, 3.63) is 59.2 Å². The van der Waals surface area contributed by atoms with Gasteiger partial charge in [0.2, 0.25) is 5.95 Å². The predicted molar refractivity (Wildman–Crippen MR) is 86.2 cm³/mol. The highest BCUT2D eigenvalue weighted by molar-refractivity contribution is 6.03. The number of amides is 1. The summed E-state index contributed by atoms with van der Waals surface area (Å²) in [5, 5.41) is 11.1. The van der Waals surface area contributed by atoms with Gasteiger partial charge in [0.05, 0.1) is 17.8 Å². The Kier molecular flexibility index (Phi) is 3.92. The Morgan fingerprint density at radius 2 is 1.91 bits per heavy atom. The van der Waals surface area contributed by atoms with Crippen LogP contribution in [0.1, 0.15) is 27.2 Å². The minimum Gasteiger partial charge on any atom is -0.289 e. The quantitative estimate of drug-likeness (QED) is 0.798. The van der Waals surface area contributed by atoms with E-state index in [1.54, 1.807) is 35.9 Å². The molecule has 23 heavy (non-hydrogen) atoms. The molecule has 0 aliphatic heterocycles. The van der Waals surface area contributed by atoms with E-state index in [-0.39, 0.29) is 11.9 Å². The zero-order valence-corrected chi connectivity index (χ0v) is 13.3. The Bertz CT molecular complexity index is 831. The molecule has 0 aliphatic rings. The van der Waals surface area contributed by atoms with E-state index in [4.69, 9.17) is 0 Å². The van der Waals surface area contributed by atoms with Crippen LogP contribution in [0, 0.1) is 13.8 Å². The average Bonchev–Trinajstić information content (AvgIpc) is 3.07. The van der Waals surface area contributed by atoms with Crippen molar-refractivity contribution in [1.82, 2.24) is 24.5 Å². The number of nitrogens with zero attached hydrogens (tertiary/aromatic N) is 5. The maximum Gasteiger partial charge on any atom is 0.261 e. The van der Waals surface area contributed by atoms with Gasteiger partial charge < -0.3 is 0 Å². The first kappa shape index (κ1) is 15.0. The van der Waals surface area contributed by atoms with Crippen molar-refractivity contribution >= 4 is 11.9 Å². The second-order valence-corrected chi connectivity index (χ2v) is 5.51. The second kappa shape index (κ2) is 6.04. The van der Waals surface area contributed by atoms with Gasteiger partial charge in [-0.25, -0.2) is 9.67 Å². The SMILES string of the molecule is Cc1ccc(Cn2cnc(NC(=O)c3cn(C)nc3C)n2)cc1. The summed E-state index contributed by atoms with van der Waals surface area (Å²) in [6.45, 7) is 4.45. The van der Waals surface area contributed by atoms with E-state index in [0.717, 1.165) is 5.56 Å². The van der Waals surface area contributed by atoms with Crippen LogP contribution < -0.4 is 5.32 Å². The van der Waals surface area contributed by atoms with Crippen LogP contribution >= 0.6 is 0 Å². The number of carbonyl (C=O) groups is 1. The van der Waals surface area contributed by atoms with Gasteiger partial charge in [-0.3, -0.25) is 14.8 Å². The number of hydrogen-bond acceptors (Lipinski definition) is 4. The number of hydrogen-bond donors (Lipinski definition) is 1. The molecule has 7 nitrogen and oxygen atoms in total. The Balaban J connectivity index is 1.68. The van der Waals surface area contributed by atoms with Crippen molar-refractivity contribution in [2.75, 3.05) is 5.32 Å². The first-order valence-corrected chi connectivity index (χ1v) is 7.28. The van der Waals surface area contributed by atoms with Crippen LogP contribution in [0.2, 0.25) is 0 Å². The van der Waals surface area contributed by atoms with Gasteiger partial charge in [-0.15, -0.1) is 5.10 Å². The van der Waals surface area contributed by atoms with Crippen LogP contribution in [0.4, 0.5) is 5.95 Å². The lowest BCUT2D eigenvalue weighted by atomic mass is 10.1. The summed E-state index contributed by atoms with van der Waals surface area (Å²) < 4.78 is 3.30. The first-order valence-electron chi connectivity index (χ1n) is 7.28.